The van der Waals surface area contributed by atoms with Crippen molar-refractivity contribution in [2.45, 2.75) is 0 Å². The zero-order chi connectivity index (χ0) is 13.5. The number of oxime groups is 1. The minimum Gasteiger partial charge on any atom is -0.497 e. The molecule has 0 saturated carbocycles. The van der Waals surface area contributed by atoms with E-state index < -0.39 is 0 Å². The van der Waals surface area contributed by atoms with Crippen molar-refractivity contribution in [3.63, 3.8) is 0 Å². The lowest BCUT2D eigenvalue weighted by Gasteiger charge is -1.98. The van der Waals surface area contributed by atoms with Crippen LogP contribution in [0.25, 0.3) is 0 Å². The zero-order valence-electron chi connectivity index (χ0n) is 10.5. The minimum atomic E-state index is 0.344. The Labute approximate surface area is 112 Å². The lowest BCUT2D eigenvalue weighted by Crippen LogP contribution is -1.96. The van der Waals surface area contributed by atoms with Gasteiger partial charge in [-0.05, 0) is 30.2 Å². The van der Waals surface area contributed by atoms with Crippen molar-refractivity contribution in [2.75, 3.05) is 7.11 Å². The van der Waals surface area contributed by atoms with Gasteiger partial charge in [0.2, 0.25) is 0 Å². The summed E-state index contributed by atoms with van der Waals surface area (Å²) in [5.74, 6) is 6.58. The van der Waals surface area contributed by atoms with Crippen LogP contribution < -0.4 is 4.74 Å². The number of rotatable bonds is 2. The Morgan fingerprint density at radius 2 is 1.74 bits per heavy atom. The van der Waals surface area contributed by atoms with Crippen molar-refractivity contribution in [2.24, 2.45) is 5.16 Å². The minimum absolute atomic E-state index is 0.344. The first-order valence-corrected chi connectivity index (χ1v) is 5.77. The maximum Gasteiger partial charge on any atom is 0.159 e. The third-order valence-corrected chi connectivity index (χ3v) is 2.56. The van der Waals surface area contributed by atoms with Crippen LogP contribution in [-0.4, -0.2) is 18.0 Å². The number of hydrogen-bond acceptors (Lipinski definition) is 3. The summed E-state index contributed by atoms with van der Waals surface area (Å²) in [4.78, 5) is 0. The van der Waals surface area contributed by atoms with Crippen molar-refractivity contribution < 1.29 is 9.94 Å². The highest BCUT2D eigenvalue weighted by Crippen LogP contribution is 2.10. The summed E-state index contributed by atoms with van der Waals surface area (Å²) in [5.41, 5.74) is 1.96. The molecule has 0 aliphatic heterocycles. The van der Waals surface area contributed by atoms with Gasteiger partial charge in [0.25, 0.3) is 0 Å². The molecule has 0 atom stereocenters. The van der Waals surface area contributed by atoms with Gasteiger partial charge in [-0.1, -0.05) is 41.4 Å². The van der Waals surface area contributed by atoms with Gasteiger partial charge in [0.05, 0.1) is 7.11 Å². The highest BCUT2D eigenvalue weighted by atomic mass is 16.5. The molecule has 94 valence electrons. The third kappa shape index (κ3) is 3.36. The number of hydrogen-bond donors (Lipinski definition) is 1. The molecular formula is C16H13NO2. The Bertz CT molecular complexity index is 619. The van der Waals surface area contributed by atoms with Gasteiger partial charge < -0.3 is 9.94 Å². The fourth-order valence-corrected chi connectivity index (χ4v) is 1.56. The van der Waals surface area contributed by atoms with Gasteiger partial charge in [-0.3, -0.25) is 0 Å². The molecule has 0 amide bonds. The fourth-order valence-electron chi connectivity index (χ4n) is 1.56. The largest absolute Gasteiger partial charge is 0.497 e. The van der Waals surface area contributed by atoms with E-state index in [0.29, 0.717) is 5.71 Å². The normalized spacial score (nSPS) is 10.5. The van der Waals surface area contributed by atoms with Crippen LogP contribution in [0.4, 0.5) is 0 Å². The van der Waals surface area contributed by atoms with Crippen molar-refractivity contribution in [3.05, 3.63) is 65.7 Å². The highest BCUT2D eigenvalue weighted by molar-refractivity contribution is 6.12. The molecule has 0 unspecified atom stereocenters. The van der Waals surface area contributed by atoms with Crippen molar-refractivity contribution in [3.8, 4) is 17.6 Å². The SMILES string of the molecule is COc1ccc(C#CC(=NO)c2ccccc2)cc1. The number of methoxy groups -OCH3 is 1. The maximum atomic E-state index is 9.01. The van der Waals surface area contributed by atoms with Crippen LogP contribution in [0.3, 0.4) is 0 Å². The van der Waals surface area contributed by atoms with E-state index in [9.17, 15) is 0 Å². The van der Waals surface area contributed by atoms with Gasteiger partial charge in [0.1, 0.15) is 5.75 Å². The Morgan fingerprint density at radius 3 is 2.32 bits per heavy atom. The second-order valence-electron chi connectivity index (χ2n) is 3.79. The molecule has 2 rings (SSSR count). The molecule has 0 heterocycles. The van der Waals surface area contributed by atoms with Gasteiger partial charge >= 0.3 is 0 Å². The molecule has 0 saturated heterocycles. The molecule has 0 bridgehead atoms. The Kier molecular flexibility index (Phi) is 4.20. The summed E-state index contributed by atoms with van der Waals surface area (Å²) in [5, 5.41) is 12.2. The summed E-state index contributed by atoms with van der Waals surface area (Å²) in [6.07, 6.45) is 0. The first-order chi connectivity index (χ1) is 9.33. The van der Waals surface area contributed by atoms with E-state index in [2.05, 4.69) is 17.0 Å². The molecule has 0 fully saturated rings. The van der Waals surface area contributed by atoms with E-state index in [1.54, 1.807) is 7.11 Å². The van der Waals surface area contributed by atoms with Crippen molar-refractivity contribution in [1.82, 2.24) is 0 Å². The number of ether oxygens (including phenoxy) is 1. The van der Waals surface area contributed by atoms with Crippen LogP contribution in [0.2, 0.25) is 0 Å². The molecule has 0 aliphatic carbocycles. The van der Waals surface area contributed by atoms with E-state index in [1.165, 1.54) is 0 Å². The van der Waals surface area contributed by atoms with Crippen LogP contribution in [0.15, 0.2) is 59.8 Å². The first-order valence-electron chi connectivity index (χ1n) is 5.77. The third-order valence-electron chi connectivity index (χ3n) is 2.56. The molecule has 3 nitrogen and oxygen atoms in total. The molecule has 3 heteroatoms. The monoisotopic (exact) mass is 251 g/mol. The zero-order valence-corrected chi connectivity index (χ0v) is 10.5. The van der Waals surface area contributed by atoms with Crippen LogP contribution in [0.1, 0.15) is 11.1 Å². The lowest BCUT2D eigenvalue weighted by molar-refractivity contribution is 0.320. The molecule has 2 aromatic rings. The quantitative estimate of drug-likeness (QED) is 0.386. The van der Waals surface area contributed by atoms with E-state index in [1.807, 2.05) is 54.6 Å². The van der Waals surface area contributed by atoms with Crippen LogP contribution in [0, 0.1) is 11.8 Å². The first kappa shape index (κ1) is 12.7. The Hall–Kier alpha value is -2.73. The summed E-state index contributed by atoms with van der Waals surface area (Å²) in [7, 11) is 1.62. The fraction of sp³-hybridized carbons (Fsp3) is 0.0625. The highest BCUT2D eigenvalue weighted by Gasteiger charge is 1.98. The molecule has 2 aromatic carbocycles. The Morgan fingerprint density at radius 1 is 1.05 bits per heavy atom. The topological polar surface area (TPSA) is 41.8 Å². The van der Waals surface area contributed by atoms with E-state index >= 15 is 0 Å². The van der Waals surface area contributed by atoms with E-state index in [-0.39, 0.29) is 0 Å². The molecule has 0 aliphatic rings. The lowest BCUT2D eigenvalue weighted by atomic mass is 10.1. The number of nitrogens with zero attached hydrogens (tertiary/aromatic N) is 1. The van der Waals surface area contributed by atoms with E-state index in [4.69, 9.17) is 9.94 Å². The predicted octanol–water partition coefficient (Wildman–Crippen LogP) is 2.93. The van der Waals surface area contributed by atoms with Crippen molar-refractivity contribution >= 4 is 5.71 Å². The van der Waals surface area contributed by atoms with Gasteiger partial charge in [-0.15, -0.1) is 0 Å². The molecular weight excluding hydrogens is 238 g/mol. The second kappa shape index (κ2) is 6.27. The summed E-state index contributed by atoms with van der Waals surface area (Å²) >= 11 is 0. The van der Waals surface area contributed by atoms with Crippen molar-refractivity contribution in [1.29, 1.82) is 0 Å². The number of benzene rings is 2. The smallest absolute Gasteiger partial charge is 0.159 e. The summed E-state index contributed by atoms with van der Waals surface area (Å²) in [6, 6.07) is 16.7. The van der Waals surface area contributed by atoms with Crippen LogP contribution in [-0.2, 0) is 0 Å². The summed E-state index contributed by atoms with van der Waals surface area (Å²) in [6.45, 7) is 0. The molecule has 1 N–H and O–H groups in total. The van der Waals surface area contributed by atoms with E-state index in [0.717, 1.165) is 16.9 Å². The molecule has 0 spiro atoms. The van der Waals surface area contributed by atoms with Gasteiger partial charge in [0.15, 0.2) is 5.71 Å². The standard InChI is InChI=1S/C16H13NO2/c1-19-15-10-7-13(8-11-15)9-12-16(17-18)14-5-3-2-4-6-14/h2-8,10-11,18H,1H3. The van der Waals surface area contributed by atoms with Crippen LogP contribution in [0.5, 0.6) is 5.75 Å². The molecule has 0 aromatic heterocycles. The maximum absolute atomic E-state index is 9.01. The average molecular weight is 251 g/mol. The van der Waals surface area contributed by atoms with Gasteiger partial charge in [-0.25, -0.2) is 0 Å². The predicted molar refractivity (Wildman–Crippen MR) is 74.6 cm³/mol. The second-order valence-corrected chi connectivity index (χ2v) is 3.79. The van der Waals surface area contributed by atoms with Gasteiger partial charge in [-0.2, -0.15) is 0 Å². The Balaban J connectivity index is 2.22. The molecule has 19 heavy (non-hydrogen) atoms. The summed E-state index contributed by atoms with van der Waals surface area (Å²) < 4.78 is 5.07. The molecule has 0 radical (unpaired) electrons. The average Bonchev–Trinajstić information content (AvgIpc) is 2.49. The van der Waals surface area contributed by atoms with Gasteiger partial charge in [0, 0.05) is 11.1 Å². The van der Waals surface area contributed by atoms with Crippen LogP contribution >= 0.6 is 0 Å².